The minimum absolute atomic E-state index is 0.348. The van der Waals surface area contributed by atoms with Crippen LogP contribution in [0.2, 0.25) is 0 Å². The van der Waals surface area contributed by atoms with E-state index in [-0.39, 0.29) is 0 Å². The van der Waals surface area contributed by atoms with Crippen molar-refractivity contribution in [3.05, 3.63) is 47.5 Å². The molecule has 0 radical (unpaired) electrons. The summed E-state index contributed by atoms with van der Waals surface area (Å²) in [5.41, 5.74) is 0.695. The van der Waals surface area contributed by atoms with E-state index in [1.165, 1.54) is 6.08 Å². The van der Waals surface area contributed by atoms with Gasteiger partial charge in [0, 0.05) is 0 Å². The van der Waals surface area contributed by atoms with E-state index in [4.69, 9.17) is 0 Å². The summed E-state index contributed by atoms with van der Waals surface area (Å²) < 4.78 is 12.9. The fourth-order valence-electron chi connectivity index (χ4n) is 1.94. The Labute approximate surface area is 98.5 Å². The van der Waals surface area contributed by atoms with E-state index < -0.39 is 24.5 Å². The number of rotatable bonds is 3. The van der Waals surface area contributed by atoms with Gasteiger partial charge in [-0.1, -0.05) is 24.3 Å². The number of imide groups is 1. The zero-order chi connectivity index (χ0) is 12.4. The largest absolute Gasteiger partial charge is 0.269 e. The Kier molecular flexibility index (Phi) is 3.04. The van der Waals surface area contributed by atoms with Gasteiger partial charge in [0.1, 0.15) is 6.67 Å². The van der Waals surface area contributed by atoms with Gasteiger partial charge in [0.2, 0.25) is 0 Å². The monoisotopic (exact) mass is 233 g/mol. The molecular weight excluding hydrogens is 221 g/mol. The Morgan fingerprint density at radius 1 is 1.24 bits per heavy atom. The number of nitrogens with zero attached hydrogens (tertiary/aromatic N) is 1. The molecule has 2 rings (SSSR count). The molecule has 0 aromatic heterocycles. The molecule has 1 aromatic rings. The lowest BCUT2D eigenvalue weighted by atomic mass is 10.1. The average Bonchev–Trinajstić information content (AvgIpc) is 2.61. The molecule has 1 aromatic carbocycles. The number of amides is 2. The van der Waals surface area contributed by atoms with Crippen molar-refractivity contribution in [2.75, 3.05) is 6.67 Å². The Hall–Kier alpha value is -1.97. The quantitative estimate of drug-likeness (QED) is 0.593. The summed E-state index contributed by atoms with van der Waals surface area (Å²) in [6, 6.07) is 5.73. The number of hydrogen-bond donors (Lipinski definition) is 0. The fraction of sp³-hybridized carbons (Fsp3) is 0.231. The summed E-state index contributed by atoms with van der Waals surface area (Å²) in [7, 11) is 0. The Morgan fingerprint density at radius 3 is 2.18 bits per heavy atom. The van der Waals surface area contributed by atoms with Crippen molar-refractivity contribution in [2.24, 2.45) is 0 Å². The van der Waals surface area contributed by atoms with Gasteiger partial charge in [-0.25, -0.2) is 4.39 Å². The first-order valence-electron chi connectivity index (χ1n) is 5.36. The maximum atomic E-state index is 12.9. The number of hydrogen-bond acceptors (Lipinski definition) is 2. The molecule has 0 N–H and O–H groups in total. The number of carbonyl (C=O) groups excluding carboxylic acids is 2. The second kappa shape index (κ2) is 4.49. The first-order chi connectivity index (χ1) is 8.20. The van der Waals surface area contributed by atoms with E-state index >= 15 is 0 Å². The van der Waals surface area contributed by atoms with E-state index in [0.717, 1.165) is 4.90 Å². The van der Waals surface area contributed by atoms with Crippen LogP contribution in [-0.4, -0.2) is 29.4 Å². The van der Waals surface area contributed by atoms with E-state index in [0.29, 0.717) is 11.1 Å². The molecule has 0 fully saturated rings. The number of allylic oxidation sites excluding steroid dienone is 1. The smallest absolute Gasteiger partial charge is 0.262 e. The van der Waals surface area contributed by atoms with Crippen LogP contribution in [-0.2, 0) is 0 Å². The molecule has 1 heterocycles. The zero-order valence-electron chi connectivity index (χ0n) is 9.39. The SMILES string of the molecule is C/C=C\[C@@H](CF)N1C(=O)c2ccccc2C1=O. The van der Waals surface area contributed by atoms with Crippen LogP contribution in [0.5, 0.6) is 0 Å². The van der Waals surface area contributed by atoms with Gasteiger partial charge in [-0.15, -0.1) is 0 Å². The minimum Gasteiger partial charge on any atom is -0.269 e. The summed E-state index contributed by atoms with van der Waals surface area (Å²) in [4.78, 5) is 25.0. The molecule has 3 nitrogen and oxygen atoms in total. The van der Waals surface area contributed by atoms with Crippen LogP contribution in [0.4, 0.5) is 4.39 Å². The van der Waals surface area contributed by atoms with Gasteiger partial charge in [0.05, 0.1) is 17.2 Å². The van der Waals surface area contributed by atoms with Gasteiger partial charge in [0.15, 0.2) is 0 Å². The van der Waals surface area contributed by atoms with Gasteiger partial charge in [-0.2, -0.15) is 0 Å². The molecule has 17 heavy (non-hydrogen) atoms. The molecular formula is C13H12FNO2. The highest BCUT2D eigenvalue weighted by molar-refractivity contribution is 6.21. The van der Waals surface area contributed by atoms with Crippen molar-refractivity contribution in [2.45, 2.75) is 13.0 Å². The lowest BCUT2D eigenvalue weighted by Gasteiger charge is -2.20. The molecule has 4 heteroatoms. The summed E-state index contributed by atoms with van der Waals surface area (Å²) in [6.07, 6.45) is 3.15. The molecule has 1 aliphatic heterocycles. The van der Waals surface area contributed by atoms with Gasteiger partial charge < -0.3 is 0 Å². The molecule has 0 bridgehead atoms. The predicted octanol–water partition coefficient (Wildman–Crippen LogP) is 2.20. The predicted molar refractivity (Wildman–Crippen MR) is 61.5 cm³/mol. The third-order valence-corrected chi connectivity index (χ3v) is 2.73. The van der Waals surface area contributed by atoms with Crippen molar-refractivity contribution in [3.8, 4) is 0 Å². The third kappa shape index (κ3) is 1.75. The third-order valence-electron chi connectivity index (χ3n) is 2.73. The van der Waals surface area contributed by atoms with Crippen LogP contribution < -0.4 is 0 Å². The first-order valence-corrected chi connectivity index (χ1v) is 5.36. The maximum absolute atomic E-state index is 12.9. The highest BCUT2D eigenvalue weighted by atomic mass is 19.1. The average molecular weight is 233 g/mol. The van der Waals surface area contributed by atoms with Crippen molar-refractivity contribution in [1.29, 1.82) is 0 Å². The summed E-state index contributed by atoms with van der Waals surface area (Å²) in [5.74, 6) is -0.849. The van der Waals surface area contributed by atoms with E-state index in [2.05, 4.69) is 0 Å². The van der Waals surface area contributed by atoms with Gasteiger partial charge >= 0.3 is 0 Å². The molecule has 0 saturated heterocycles. The van der Waals surface area contributed by atoms with Crippen LogP contribution in [0.3, 0.4) is 0 Å². The molecule has 0 saturated carbocycles. The lowest BCUT2D eigenvalue weighted by Crippen LogP contribution is -2.40. The molecule has 2 amide bonds. The Balaban J connectivity index is 2.42. The number of halogens is 1. The summed E-state index contributed by atoms with van der Waals surface area (Å²) >= 11 is 0. The zero-order valence-corrected chi connectivity index (χ0v) is 9.39. The minimum atomic E-state index is -0.813. The molecule has 0 spiro atoms. The summed E-state index contributed by atoms with van der Waals surface area (Å²) in [5, 5.41) is 0. The Bertz CT molecular complexity index is 461. The topological polar surface area (TPSA) is 37.4 Å². The van der Waals surface area contributed by atoms with Crippen LogP contribution in [0.25, 0.3) is 0 Å². The van der Waals surface area contributed by atoms with Crippen LogP contribution >= 0.6 is 0 Å². The highest BCUT2D eigenvalue weighted by Crippen LogP contribution is 2.24. The van der Waals surface area contributed by atoms with Crippen LogP contribution in [0.1, 0.15) is 27.6 Å². The molecule has 0 aliphatic carbocycles. The van der Waals surface area contributed by atoms with Crippen molar-refractivity contribution in [3.63, 3.8) is 0 Å². The standard InChI is InChI=1S/C13H12FNO2/c1-2-5-9(8-14)15-12(16)10-6-3-4-7-11(10)13(15)17/h2-7,9H,8H2,1H3/b5-2-/t9-/m0/s1. The number of fused-ring (bicyclic) bond motifs is 1. The van der Waals surface area contributed by atoms with Crippen LogP contribution in [0, 0.1) is 0 Å². The van der Waals surface area contributed by atoms with Crippen molar-refractivity contribution < 1.29 is 14.0 Å². The molecule has 1 atom stereocenters. The second-order valence-electron chi connectivity index (χ2n) is 3.77. The van der Waals surface area contributed by atoms with Crippen molar-refractivity contribution >= 4 is 11.8 Å². The van der Waals surface area contributed by atoms with Crippen LogP contribution in [0.15, 0.2) is 36.4 Å². The highest BCUT2D eigenvalue weighted by Gasteiger charge is 2.38. The maximum Gasteiger partial charge on any atom is 0.262 e. The number of benzene rings is 1. The van der Waals surface area contributed by atoms with Crippen molar-refractivity contribution in [1.82, 2.24) is 4.90 Å². The van der Waals surface area contributed by atoms with Gasteiger partial charge in [-0.05, 0) is 19.1 Å². The van der Waals surface area contributed by atoms with Gasteiger partial charge in [0.25, 0.3) is 11.8 Å². The molecule has 0 unspecified atom stereocenters. The Morgan fingerprint density at radius 2 is 1.76 bits per heavy atom. The normalized spacial score (nSPS) is 16.7. The van der Waals surface area contributed by atoms with E-state index in [1.807, 2.05) is 0 Å². The van der Waals surface area contributed by atoms with E-state index in [9.17, 15) is 14.0 Å². The summed E-state index contributed by atoms with van der Waals surface area (Å²) in [6.45, 7) is 0.955. The fourth-order valence-corrected chi connectivity index (χ4v) is 1.94. The van der Waals surface area contributed by atoms with E-state index in [1.54, 1.807) is 37.3 Å². The molecule has 88 valence electrons. The second-order valence-corrected chi connectivity index (χ2v) is 3.77. The van der Waals surface area contributed by atoms with Gasteiger partial charge in [-0.3, -0.25) is 14.5 Å². The first kappa shape index (κ1) is 11.5. The molecule has 1 aliphatic rings. The lowest BCUT2D eigenvalue weighted by molar-refractivity contribution is 0.0596. The number of carbonyl (C=O) groups is 2. The number of alkyl halides is 1.